The van der Waals surface area contributed by atoms with Gasteiger partial charge in [0.15, 0.2) is 0 Å². The minimum absolute atomic E-state index is 0.0585. The van der Waals surface area contributed by atoms with Crippen LogP contribution in [0, 0.1) is 5.92 Å². The Kier molecular flexibility index (Phi) is 6.55. The summed E-state index contributed by atoms with van der Waals surface area (Å²) in [6.07, 6.45) is 2.40. The molecule has 0 saturated carbocycles. The number of benzene rings is 1. The summed E-state index contributed by atoms with van der Waals surface area (Å²) in [5, 5.41) is 3.02. The van der Waals surface area contributed by atoms with Crippen molar-refractivity contribution in [3.63, 3.8) is 0 Å². The maximum Gasteiger partial charge on any atom is 0.281 e. The second-order valence-electron chi connectivity index (χ2n) is 8.82. The number of piperidine rings is 1. The lowest BCUT2D eigenvalue weighted by molar-refractivity contribution is -0.122. The van der Waals surface area contributed by atoms with Crippen molar-refractivity contribution in [3.8, 4) is 5.75 Å². The van der Waals surface area contributed by atoms with E-state index in [1.165, 1.54) is 8.61 Å². The van der Waals surface area contributed by atoms with E-state index in [4.69, 9.17) is 4.74 Å². The highest BCUT2D eigenvalue weighted by atomic mass is 32.2. The molecule has 1 amide bonds. The zero-order valence-electron chi connectivity index (χ0n) is 17.8. The molecule has 7 nitrogen and oxygen atoms in total. The lowest BCUT2D eigenvalue weighted by atomic mass is 9.76. The molecule has 0 aliphatic carbocycles. The van der Waals surface area contributed by atoms with Crippen LogP contribution in [-0.2, 0) is 15.0 Å². The molecule has 1 spiro atoms. The van der Waals surface area contributed by atoms with Crippen molar-refractivity contribution in [1.29, 1.82) is 0 Å². The number of para-hydroxylation sites is 1. The van der Waals surface area contributed by atoms with Gasteiger partial charge in [-0.15, -0.1) is 0 Å². The van der Waals surface area contributed by atoms with Crippen LogP contribution in [0.15, 0.2) is 24.3 Å². The quantitative estimate of drug-likeness (QED) is 0.762. The SMILES string of the molecule is CC(C)CNC(=O)CC1CC2(CCN(S(=O)(=O)N(C)C)CC2)Oc2ccccc21. The fraction of sp³-hybridized carbons (Fsp3) is 0.667. The number of hydrogen-bond donors (Lipinski definition) is 1. The monoisotopic (exact) mass is 423 g/mol. The molecule has 1 saturated heterocycles. The van der Waals surface area contributed by atoms with Crippen LogP contribution in [0.5, 0.6) is 5.75 Å². The van der Waals surface area contributed by atoms with Gasteiger partial charge in [-0.2, -0.15) is 17.0 Å². The molecule has 8 heteroatoms. The molecule has 1 aromatic carbocycles. The smallest absolute Gasteiger partial charge is 0.281 e. The van der Waals surface area contributed by atoms with Gasteiger partial charge in [0, 0.05) is 58.9 Å². The number of carbonyl (C=O) groups excluding carboxylic acids is 1. The number of hydrogen-bond acceptors (Lipinski definition) is 4. The highest BCUT2D eigenvalue weighted by Gasteiger charge is 2.45. The maximum atomic E-state index is 12.5. The largest absolute Gasteiger partial charge is 0.487 e. The highest BCUT2D eigenvalue weighted by molar-refractivity contribution is 7.86. The molecular weight excluding hydrogens is 390 g/mol. The third kappa shape index (κ3) is 4.92. The van der Waals surface area contributed by atoms with Crippen LogP contribution in [0.4, 0.5) is 0 Å². The molecule has 2 heterocycles. The summed E-state index contributed by atoms with van der Waals surface area (Å²) in [6.45, 7) is 5.68. The number of nitrogens with one attached hydrogen (secondary N) is 1. The minimum Gasteiger partial charge on any atom is -0.487 e. The molecule has 0 bridgehead atoms. The van der Waals surface area contributed by atoms with Crippen molar-refractivity contribution in [2.24, 2.45) is 5.92 Å². The second kappa shape index (κ2) is 8.62. The van der Waals surface area contributed by atoms with Crippen LogP contribution < -0.4 is 10.1 Å². The van der Waals surface area contributed by atoms with E-state index in [-0.39, 0.29) is 11.8 Å². The Morgan fingerprint density at radius 3 is 2.55 bits per heavy atom. The Hall–Kier alpha value is -1.64. The molecule has 2 aliphatic heterocycles. The molecule has 3 rings (SSSR count). The minimum atomic E-state index is -3.42. The van der Waals surface area contributed by atoms with E-state index in [9.17, 15) is 13.2 Å². The van der Waals surface area contributed by atoms with Crippen molar-refractivity contribution in [1.82, 2.24) is 13.9 Å². The summed E-state index contributed by atoms with van der Waals surface area (Å²) in [5.74, 6) is 1.37. The van der Waals surface area contributed by atoms with Gasteiger partial charge >= 0.3 is 0 Å². The first-order valence-corrected chi connectivity index (χ1v) is 11.7. The number of rotatable bonds is 6. The molecule has 2 aliphatic rings. The Morgan fingerprint density at radius 2 is 1.93 bits per heavy atom. The fourth-order valence-electron chi connectivity index (χ4n) is 4.20. The average molecular weight is 424 g/mol. The fourth-order valence-corrected chi connectivity index (χ4v) is 5.31. The zero-order chi connectivity index (χ0) is 21.2. The first-order valence-electron chi connectivity index (χ1n) is 10.4. The van der Waals surface area contributed by atoms with E-state index in [1.54, 1.807) is 14.1 Å². The van der Waals surface area contributed by atoms with Gasteiger partial charge in [0.25, 0.3) is 10.2 Å². The predicted octanol–water partition coefficient (Wildman–Crippen LogP) is 2.36. The average Bonchev–Trinajstić information content (AvgIpc) is 2.66. The van der Waals surface area contributed by atoms with Crippen molar-refractivity contribution in [3.05, 3.63) is 29.8 Å². The number of amides is 1. The van der Waals surface area contributed by atoms with E-state index in [0.717, 1.165) is 17.7 Å². The van der Waals surface area contributed by atoms with Crippen molar-refractivity contribution in [2.75, 3.05) is 33.7 Å². The summed E-state index contributed by atoms with van der Waals surface area (Å²) in [5.41, 5.74) is 0.650. The van der Waals surface area contributed by atoms with Crippen LogP contribution in [0.2, 0.25) is 0 Å². The first-order chi connectivity index (χ1) is 13.6. The van der Waals surface area contributed by atoms with Gasteiger partial charge in [-0.05, 0) is 24.0 Å². The van der Waals surface area contributed by atoms with Crippen LogP contribution >= 0.6 is 0 Å². The van der Waals surface area contributed by atoms with Crippen molar-refractivity contribution >= 4 is 16.1 Å². The number of carbonyl (C=O) groups is 1. The predicted molar refractivity (Wildman–Crippen MR) is 113 cm³/mol. The van der Waals surface area contributed by atoms with E-state index < -0.39 is 15.8 Å². The van der Waals surface area contributed by atoms with Crippen LogP contribution in [0.25, 0.3) is 0 Å². The molecule has 1 unspecified atom stereocenters. The highest BCUT2D eigenvalue weighted by Crippen LogP contribution is 2.46. The van der Waals surface area contributed by atoms with Crippen LogP contribution in [0.3, 0.4) is 0 Å². The molecule has 0 radical (unpaired) electrons. The van der Waals surface area contributed by atoms with E-state index in [2.05, 4.69) is 19.2 Å². The van der Waals surface area contributed by atoms with Gasteiger partial charge in [-0.25, -0.2) is 0 Å². The van der Waals surface area contributed by atoms with Gasteiger partial charge in [0.05, 0.1) is 0 Å². The second-order valence-corrected chi connectivity index (χ2v) is 11.0. The molecule has 1 aromatic rings. The number of ether oxygens (including phenoxy) is 1. The summed E-state index contributed by atoms with van der Waals surface area (Å²) in [6, 6.07) is 7.91. The normalized spacial score (nSPS) is 21.8. The van der Waals surface area contributed by atoms with E-state index in [1.807, 2.05) is 24.3 Å². The first kappa shape index (κ1) is 22.1. The van der Waals surface area contributed by atoms with Gasteiger partial charge in [0.2, 0.25) is 5.91 Å². The van der Waals surface area contributed by atoms with E-state index in [0.29, 0.717) is 44.8 Å². The zero-order valence-corrected chi connectivity index (χ0v) is 18.7. The Bertz CT molecular complexity index is 830. The summed E-state index contributed by atoms with van der Waals surface area (Å²) < 4.78 is 34.1. The number of nitrogens with zero attached hydrogens (tertiary/aromatic N) is 2. The molecule has 1 atom stereocenters. The maximum absolute atomic E-state index is 12.5. The summed E-state index contributed by atoms with van der Waals surface area (Å²) >= 11 is 0. The molecule has 0 aromatic heterocycles. The topological polar surface area (TPSA) is 79.0 Å². The van der Waals surface area contributed by atoms with Gasteiger partial charge in [-0.1, -0.05) is 32.0 Å². The molecule has 162 valence electrons. The number of fused-ring (bicyclic) bond motifs is 1. The van der Waals surface area contributed by atoms with E-state index >= 15 is 0 Å². The Balaban J connectivity index is 1.75. The lowest BCUT2D eigenvalue weighted by Crippen LogP contribution is -2.53. The molecule has 1 N–H and O–H groups in total. The molecule has 29 heavy (non-hydrogen) atoms. The third-order valence-corrected chi connectivity index (χ3v) is 7.80. The van der Waals surface area contributed by atoms with Gasteiger partial charge < -0.3 is 10.1 Å². The Labute approximate surface area is 174 Å². The molecular formula is C21H33N3O4S. The van der Waals surface area contributed by atoms with Gasteiger partial charge in [0.1, 0.15) is 11.4 Å². The summed E-state index contributed by atoms with van der Waals surface area (Å²) in [4.78, 5) is 12.5. The van der Waals surface area contributed by atoms with Crippen molar-refractivity contribution in [2.45, 2.75) is 51.0 Å². The Morgan fingerprint density at radius 1 is 1.28 bits per heavy atom. The lowest BCUT2D eigenvalue weighted by Gasteiger charge is -2.46. The van der Waals surface area contributed by atoms with Crippen LogP contribution in [0.1, 0.15) is 51.0 Å². The molecule has 1 fully saturated rings. The van der Waals surface area contributed by atoms with Gasteiger partial charge in [-0.3, -0.25) is 4.79 Å². The summed E-state index contributed by atoms with van der Waals surface area (Å²) in [7, 11) is -0.308. The standard InChI is InChI=1S/C21H33N3O4S/c1-16(2)15-22-20(25)13-17-14-21(28-19-8-6-5-7-18(17)19)9-11-24(12-10-21)29(26,27)23(3)4/h5-8,16-17H,9-15H2,1-4H3,(H,22,25). The van der Waals surface area contributed by atoms with Crippen molar-refractivity contribution < 1.29 is 17.9 Å². The van der Waals surface area contributed by atoms with Crippen LogP contribution in [-0.4, -0.2) is 62.3 Å². The third-order valence-electron chi connectivity index (χ3n) is 5.86.